The number of aliphatic carboxylic acids is 2. The van der Waals surface area contributed by atoms with Crippen LogP contribution in [0.15, 0.2) is 0 Å². The van der Waals surface area contributed by atoms with Crippen molar-refractivity contribution < 1.29 is 57.9 Å². The average Bonchev–Trinajstić information content (AvgIpc) is 3.06. The van der Waals surface area contributed by atoms with E-state index in [0.29, 0.717) is 0 Å². The maximum Gasteiger partial charge on any atom is 0.323 e. The Morgan fingerprint density at radius 2 is 1.08 bits per heavy atom. The fourth-order valence-electron chi connectivity index (χ4n) is 4.72. The van der Waals surface area contributed by atoms with Crippen molar-refractivity contribution in [3.8, 4) is 0 Å². The maximum absolute atomic E-state index is 12.8. The molecule has 0 amide bonds. The van der Waals surface area contributed by atoms with Crippen LogP contribution in [0.25, 0.3) is 0 Å². The first-order valence-electron chi connectivity index (χ1n) is 12.3. The number of rotatable bonds is 15. The van der Waals surface area contributed by atoms with Gasteiger partial charge in [0.25, 0.3) is 0 Å². The van der Waals surface area contributed by atoms with Crippen LogP contribution >= 0.6 is 0 Å². The van der Waals surface area contributed by atoms with Crippen LogP contribution in [0, 0.1) is 0 Å². The van der Waals surface area contributed by atoms with Crippen LogP contribution < -0.4 is 0 Å². The monoisotopic (exact) mass is 561 g/mol. The molecule has 39 heavy (non-hydrogen) atoms. The zero-order valence-electron chi connectivity index (χ0n) is 23.0. The van der Waals surface area contributed by atoms with Crippen molar-refractivity contribution in [1.82, 2.24) is 14.7 Å². The fourth-order valence-corrected chi connectivity index (χ4v) is 4.72. The first-order valence-corrected chi connectivity index (χ1v) is 12.3. The lowest BCUT2D eigenvalue weighted by Gasteiger charge is -2.44. The second kappa shape index (κ2) is 16.0. The highest BCUT2D eigenvalue weighted by Gasteiger charge is 2.45. The molecule has 0 spiro atoms. The van der Waals surface area contributed by atoms with Gasteiger partial charge in [0.1, 0.15) is 12.1 Å². The van der Waals surface area contributed by atoms with Gasteiger partial charge in [0.15, 0.2) is 0 Å². The number of carboxylic acid groups (broad SMARTS) is 2. The molecule has 0 bridgehead atoms. The second-order valence-electron chi connectivity index (χ2n) is 9.39. The number of carboxylic acids is 2. The first kappa shape index (κ1) is 33.7. The summed E-state index contributed by atoms with van der Waals surface area (Å²) < 4.78 is 19.3. The highest BCUT2D eigenvalue weighted by Crippen LogP contribution is 2.27. The number of carbonyl (C=O) groups excluding carboxylic acids is 4. The molecule has 0 saturated carbocycles. The van der Waals surface area contributed by atoms with Crippen LogP contribution in [0.4, 0.5) is 0 Å². The number of ether oxygens (including phenoxy) is 4. The molecule has 0 radical (unpaired) electrons. The molecule has 1 fully saturated rings. The van der Waals surface area contributed by atoms with Crippen molar-refractivity contribution in [2.75, 3.05) is 67.7 Å². The summed E-state index contributed by atoms with van der Waals surface area (Å²) in [7, 11) is 4.82. The van der Waals surface area contributed by atoms with Gasteiger partial charge in [-0.25, -0.2) is 0 Å². The predicted molar refractivity (Wildman–Crippen MR) is 133 cm³/mol. The van der Waals surface area contributed by atoms with E-state index in [4.69, 9.17) is 9.47 Å². The Hall–Kier alpha value is -3.30. The number of hydrogen-bond acceptors (Lipinski definition) is 13. The van der Waals surface area contributed by atoms with Gasteiger partial charge in [0.2, 0.25) is 0 Å². The Morgan fingerprint density at radius 1 is 0.718 bits per heavy atom. The van der Waals surface area contributed by atoms with E-state index in [1.54, 1.807) is 16.7 Å². The second-order valence-corrected chi connectivity index (χ2v) is 9.39. The third-order valence-corrected chi connectivity index (χ3v) is 6.70. The lowest BCUT2D eigenvalue weighted by Crippen LogP contribution is -2.62. The molecule has 0 aromatic rings. The summed E-state index contributed by atoms with van der Waals surface area (Å²) in [6, 6.07) is -1.90. The molecule has 15 heteroatoms. The highest BCUT2D eigenvalue weighted by molar-refractivity contribution is 5.78. The van der Waals surface area contributed by atoms with Gasteiger partial charge < -0.3 is 29.2 Å². The van der Waals surface area contributed by atoms with E-state index in [2.05, 4.69) is 9.47 Å². The van der Waals surface area contributed by atoms with Gasteiger partial charge >= 0.3 is 35.8 Å². The largest absolute Gasteiger partial charge is 0.480 e. The lowest BCUT2D eigenvalue weighted by molar-refractivity contribution is -0.152. The molecule has 0 aliphatic carbocycles. The summed E-state index contributed by atoms with van der Waals surface area (Å²) in [5, 5.41) is 19.1. The molecule has 1 heterocycles. The number of esters is 4. The fraction of sp³-hybridized carbons (Fsp3) is 0.750. The standard InChI is InChI=1S/C24H39N3O12/c1-24(27(12-18(28)29)13-19(30)31)14-25(16(22(34)38-4)6-8-20(32)36-2)10-11-26(15-24)17(23(35)39-5)7-9-21(33)37-3/h16-17H,6-15H2,1-5H3,(H,28,29)(H,30,31). The van der Waals surface area contributed by atoms with Gasteiger partial charge in [-0.15, -0.1) is 0 Å². The SMILES string of the molecule is COC(=O)CCC(C(=O)OC)N1CCN(C(CCC(=O)OC)C(=O)OC)CC(C)(N(CC(=O)O)CC(=O)O)C1. The lowest BCUT2D eigenvalue weighted by atomic mass is 9.95. The van der Waals surface area contributed by atoms with Crippen LogP contribution in [0.2, 0.25) is 0 Å². The predicted octanol–water partition coefficient (Wildman–Crippen LogP) is -1.18. The zero-order valence-corrected chi connectivity index (χ0v) is 23.0. The summed E-state index contributed by atoms with van der Waals surface area (Å²) in [6.45, 7) is 0.674. The van der Waals surface area contributed by atoms with Crippen molar-refractivity contribution in [1.29, 1.82) is 0 Å². The Balaban J connectivity index is 3.56. The van der Waals surface area contributed by atoms with Crippen LogP contribution in [-0.4, -0.2) is 146 Å². The Morgan fingerprint density at radius 3 is 1.36 bits per heavy atom. The van der Waals surface area contributed by atoms with Crippen LogP contribution in [-0.2, 0) is 47.7 Å². The molecular weight excluding hydrogens is 522 g/mol. The van der Waals surface area contributed by atoms with E-state index >= 15 is 0 Å². The third-order valence-electron chi connectivity index (χ3n) is 6.70. The molecule has 1 aliphatic heterocycles. The molecule has 1 rings (SSSR count). The number of hydrogen-bond donors (Lipinski definition) is 2. The molecule has 2 unspecified atom stereocenters. The summed E-state index contributed by atoms with van der Waals surface area (Å²) in [5.74, 6) is -4.93. The number of carbonyl (C=O) groups is 6. The van der Waals surface area contributed by atoms with Gasteiger partial charge in [-0.2, -0.15) is 0 Å². The summed E-state index contributed by atoms with van der Waals surface area (Å²) >= 11 is 0. The van der Waals surface area contributed by atoms with Crippen molar-refractivity contribution >= 4 is 35.8 Å². The molecule has 0 aromatic heterocycles. The van der Waals surface area contributed by atoms with E-state index in [-0.39, 0.29) is 51.9 Å². The Bertz CT molecular complexity index is 830. The van der Waals surface area contributed by atoms with Crippen molar-refractivity contribution in [3.05, 3.63) is 0 Å². The minimum atomic E-state index is -1.27. The van der Waals surface area contributed by atoms with Crippen LogP contribution in [0.5, 0.6) is 0 Å². The van der Waals surface area contributed by atoms with Gasteiger partial charge in [-0.1, -0.05) is 0 Å². The van der Waals surface area contributed by atoms with Crippen molar-refractivity contribution in [2.24, 2.45) is 0 Å². The van der Waals surface area contributed by atoms with Crippen LogP contribution in [0.3, 0.4) is 0 Å². The summed E-state index contributed by atoms with van der Waals surface area (Å²) in [6.07, 6.45) is -0.164. The zero-order chi connectivity index (χ0) is 29.8. The molecule has 1 aliphatic rings. The van der Waals surface area contributed by atoms with E-state index in [0.717, 1.165) is 0 Å². The average molecular weight is 562 g/mol. The first-order chi connectivity index (χ1) is 18.3. The normalized spacial score (nSPS) is 19.8. The van der Waals surface area contributed by atoms with E-state index in [1.807, 2.05) is 0 Å². The van der Waals surface area contributed by atoms with E-state index in [9.17, 15) is 39.0 Å². The maximum atomic E-state index is 12.8. The highest BCUT2D eigenvalue weighted by atomic mass is 16.5. The minimum Gasteiger partial charge on any atom is -0.480 e. The molecule has 15 nitrogen and oxygen atoms in total. The van der Waals surface area contributed by atoms with Crippen molar-refractivity contribution in [2.45, 2.75) is 50.2 Å². The summed E-state index contributed by atoms with van der Waals surface area (Å²) in [4.78, 5) is 77.2. The van der Waals surface area contributed by atoms with Gasteiger partial charge in [-0.05, 0) is 19.8 Å². The topological polar surface area (TPSA) is 190 Å². The Kier molecular flexibility index (Phi) is 13.8. The van der Waals surface area contributed by atoms with Gasteiger partial charge in [0.05, 0.1) is 41.5 Å². The molecule has 0 aromatic carbocycles. The molecule has 2 atom stereocenters. The van der Waals surface area contributed by atoms with Gasteiger partial charge in [0, 0.05) is 44.6 Å². The van der Waals surface area contributed by atoms with Crippen LogP contribution in [0.1, 0.15) is 32.6 Å². The van der Waals surface area contributed by atoms with Gasteiger partial charge in [-0.3, -0.25) is 43.5 Å². The Labute approximate surface area is 226 Å². The van der Waals surface area contributed by atoms with E-state index < -0.39 is 66.5 Å². The molecule has 2 N–H and O–H groups in total. The minimum absolute atomic E-state index is 0.00407. The molecular formula is C24H39N3O12. The third kappa shape index (κ3) is 10.4. The quantitative estimate of drug-likeness (QED) is 0.179. The molecule has 222 valence electrons. The number of methoxy groups -OCH3 is 4. The summed E-state index contributed by atoms with van der Waals surface area (Å²) in [5.41, 5.74) is -1.23. The van der Waals surface area contributed by atoms with Crippen molar-refractivity contribution in [3.63, 3.8) is 0 Å². The molecule has 1 saturated heterocycles. The smallest absolute Gasteiger partial charge is 0.323 e. The number of nitrogens with zero attached hydrogens (tertiary/aromatic N) is 3. The van der Waals surface area contributed by atoms with E-state index in [1.165, 1.54) is 33.3 Å².